The summed E-state index contributed by atoms with van der Waals surface area (Å²) in [5.74, 6) is 0. The maximum Gasteiger partial charge on any atom is 0.0713 e. The Balaban J connectivity index is 1.23. The van der Waals surface area contributed by atoms with Gasteiger partial charge in [0.15, 0.2) is 0 Å². The second kappa shape index (κ2) is 14.4. The Bertz CT molecular complexity index is 3110. The highest BCUT2D eigenvalue weighted by molar-refractivity contribution is 9.10. The van der Waals surface area contributed by atoms with E-state index in [1.54, 1.807) is 0 Å². The monoisotopic (exact) mass is 815 g/mol. The second-order valence-corrected chi connectivity index (χ2v) is 16.2. The summed E-state index contributed by atoms with van der Waals surface area (Å²) < 4.78 is 3.60. The van der Waals surface area contributed by atoms with Crippen LogP contribution in [0.2, 0.25) is 0 Å². The molecule has 0 saturated carbocycles. The quantitative estimate of drug-likeness (QED) is 0.151. The molecule has 278 valence electrons. The van der Waals surface area contributed by atoms with Crippen molar-refractivity contribution in [3.63, 3.8) is 0 Å². The molecule has 0 bridgehead atoms. The Morgan fingerprint density at radius 2 is 0.881 bits per heavy atom. The molecule has 9 aromatic carbocycles. The summed E-state index contributed by atoms with van der Waals surface area (Å²) in [5, 5.41) is 1.21. The zero-order chi connectivity index (χ0) is 39.3. The van der Waals surface area contributed by atoms with Crippen LogP contribution in [0.1, 0.15) is 22.3 Å². The Hall–Kier alpha value is -7.00. The highest BCUT2D eigenvalue weighted by atomic mass is 79.9. The first kappa shape index (κ1) is 35.2. The summed E-state index contributed by atoms with van der Waals surface area (Å²) in [6.45, 7) is 0. The van der Waals surface area contributed by atoms with Gasteiger partial charge in [-0.3, -0.25) is 0 Å². The number of aromatic nitrogens is 1. The number of nitrogens with zero attached hydrogens (tertiary/aromatic N) is 1. The minimum absolute atomic E-state index is 0.466. The largest absolute Gasteiger partial charge is 0.309 e. The molecule has 1 aliphatic rings. The summed E-state index contributed by atoms with van der Waals surface area (Å²) in [5.41, 5.74) is 18.9. The van der Waals surface area contributed by atoms with Gasteiger partial charge in [-0.2, -0.15) is 0 Å². The van der Waals surface area contributed by atoms with Crippen LogP contribution in [-0.4, -0.2) is 4.57 Å². The van der Waals surface area contributed by atoms with Crippen LogP contribution in [-0.2, 0) is 5.41 Å². The van der Waals surface area contributed by atoms with Crippen LogP contribution in [0.4, 0.5) is 0 Å². The summed E-state index contributed by atoms with van der Waals surface area (Å²) in [7, 11) is 0. The third-order valence-electron chi connectivity index (χ3n) is 12.2. The van der Waals surface area contributed by atoms with Crippen LogP contribution < -0.4 is 0 Å². The SMILES string of the molecule is Brc1ccccc1-c1ccccc1-c1ccc2c(-c3ccccc3)c(-c3ccccc3)n(-c3ccc4c(c3)-c3ccccc3C4(c3ccccc3)c3ccccc3)c2c1. The molecule has 0 fully saturated rings. The number of halogens is 1. The van der Waals surface area contributed by atoms with Crippen molar-refractivity contribution in [1.29, 1.82) is 0 Å². The maximum absolute atomic E-state index is 3.86. The van der Waals surface area contributed by atoms with Gasteiger partial charge < -0.3 is 4.57 Å². The molecule has 0 radical (unpaired) electrons. The van der Waals surface area contributed by atoms with Crippen molar-refractivity contribution in [3.8, 4) is 61.5 Å². The first-order valence-electron chi connectivity index (χ1n) is 20.2. The first-order valence-corrected chi connectivity index (χ1v) is 21.0. The Kier molecular flexibility index (Phi) is 8.61. The lowest BCUT2D eigenvalue weighted by atomic mass is 9.68. The topological polar surface area (TPSA) is 4.93 Å². The van der Waals surface area contributed by atoms with E-state index in [9.17, 15) is 0 Å². The molecular formula is C57H38BrN. The molecular weight excluding hydrogens is 779 g/mol. The molecule has 0 aliphatic heterocycles. The van der Waals surface area contributed by atoms with Gasteiger partial charge in [0.25, 0.3) is 0 Å². The van der Waals surface area contributed by atoms with Gasteiger partial charge in [0.05, 0.1) is 16.6 Å². The average Bonchev–Trinajstić information content (AvgIpc) is 3.81. The van der Waals surface area contributed by atoms with Crippen molar-refractivity contribution in [3.05, 3.63) is 257 Å². The molecule has 0 atom stereocenters. The summed E-state index contributed by atoms with van der Waals surface area (Å²) in [6.07, 6.45) is 0. The lowest BCUT2D eigenvalue weighted by molar-refractivity contribution is 0.768. The Morgan fingerprint density at radius 3 is 1.54 bits per heavy atom. The zero-order valence-electron chi connectivity index (χ0n) is 32.3. The molecule has 0 unspecified atom stereocenters. The van der Waals surface area contributed by atoms with E-state index in [1.165, 1.54) is 83.4 Å². The molecule has 0 amide bonds. The molecule has 0 N–H and O–H groups in total. The van der Waals surface area contributed by atoms with Crippen molar-refractivity contribution in [2.24, 2.45) is 0 Å². The van der Waals surface area contributed by atoms with Crippen LogP contribution in [0, 0.1) is 0 Å². The second-order valence-electron chi connectivity index (χ2n) is 15.3. The Morgan fingerprint density at radius 1 is 0.356 bits per heavy atom. The van der Waals surface area contributed by atoms with E-state index in [0.717, 1.165) is 15.7 Å². The lowest BCUT2D eigenvalue weighted by Gasteiger charge is -2.33. The van der Waals surface area contributed by atoms with E-state index in [0.29, 0.717) is 0 Å². The number of benzene rings is 9. The van der Waals surface area contributed by atoms with Gasteiger partial charge in [0, 0.05) is 21.1 Å². The van der Waals surface area contributed by atoms with Crippen molar-refractivity contribution < 1.29 is 0 Å². The molecule has 2 heteroatoms. The molecule has 0 saturated heterocycles. The minimum Gasteiger partial charge on any atom is -0.309 e. The molecule has 1 aromatic heterocycles. The van der Waals surface area contributed by atoms with Crippen molar-refractivity contribution in [2.75, 3.05) is 0 Å². The predicted molar refractivity (Wildman–Crippen MR) is 250 cm³/mol. The van der Waals surface area contributed by atoms with E-state index >= 15 is 0 Å². The van der Waals surface area contributed by atoms with E-state index in [-0.39, 0.29) is 0 Å². The summed E-state index contributed by atoms with van der Waals surface area (Å²) >= 11 is 3.86. The zero-order valence-corrected chi connectivity index (χ0v) is 33.9. The van der Waals surface area contributed by atoms with Crippen LogP contribution in [0.15, 0.2) is 235 Å². The standard InChI is InChI=1S/C57H38BrN/c58-53-32-18-16-30-48(53)46-28-14-13-27-45(46)41-33-35-49-54(37-41)59(56(40-21-7-2-8-22-40)55(49)39-19-5-1-6-20-39)44-34-36-52-50(38-44)47-29-15-17-31-51(47)57(52,42-23-9-3-10-24-42)43-25-11-4-12-26-43/h1-38H. The minimum atomic E-state index is -0.466. The van der Waals surface area contributed by atoms with E-state index < -0.39 is 5.41 Å². The van der Waals surface area contributed by atoms with E-state index in [4.69, 9.17) is 0 Å². The van der Waals surface area contributed by atoms with Gasteiger partial charge in [-0.05, 0) is 91.0 Å². The van der Waals surface area contributed by atoms with Crippen LogP contribution >= 0.6 is 15.9 Å². The lowest BCUT2D eigenvalue weighted by Crippen LogP contribution is -2.28. The van der Waals surface area contributed by atoms with Crippen molar-refractivity contribution in [1.82, 2.24) is 4.57 Å². The van der Waals surface area contributed by atoms with Crippen LogP contribution in [0.5, 0.6) is 0 Å². The van der Waals surface area contributed by atoms with Crippen molar-refractivity contribution >= 4 is 26.8 Å². The first-order chi connectivity index (χ1) is 29.2. The van der Waals surface area contributed by atoms with E-state index in [1.807, 2.05) is 0 Å². The van der Waals surface area contributed by atoms with Gasteiger partial charge in [0.1, 0.15) is 0 Å². The van der Waals surface area contributed by atoms with Crippen molar-refractivity contribution in [2.45, 2.75) is 5.41 Å². The number of rotatable bonds is 7. The van der Waals surface area contributed by atoms with Crippen LogP contribution in [0.3, 0.4) is 0 Å². The summed E-state index contributed by atoms with van der Waals surface area (Å²) in [6, 6.07) is 84.4. The van der Waals surface area contributed by atoms with Gasteiger partial charge in [-0.1, -0.05) is 222 Å². The molecule has 1 nitrogen and oxygen atoms in total. The molecule has 11 rings (SSSR count). The van der Waals surface area contributed by atoms with Gasteiger partial charge in [-0.25, -0.2) is 0 Å². The van der Waals surface area contributed by atoms with Gasteiger partial charge >= 0.3 is 0 Å². The van der Waals surface area contributed by atoms with Gasteiger partial charge in [0.2, 0.25) is 0 Å². The Labute approximate surface area is 353 Å². The number of hydrogen-bond donors (Lipinski definition) is 0. The highest BCUT2D eigenvalue weighted by Gasteiger charge is 2.46. The van der Waals surface area contributed by atoms with Crippen LogP contribution in [0.25, 0.3) is 72.4 Å². The van der Waals surface area contributed by atoms with E-state index in [2.05, 4.69) is 251 Å². The summed E-state index contributed by atoms with van der Waals surface area (Å²) in [4.78, 5) is 0. The van der Waals surface area contributed by atoms with Gasteiger partial charge in [-0.15, -0.1) is 0 Å². The normalized spacial score (nSPS) is 12.6. The number of fused-ring (bicyclic) bond motifs is 4. The third-order valence-corrected chi connectivity index (χ3v) is 12.9. The molecule has 1 heterocycles. The number of hydrogen-bond acceptors (Lipinski definition) is 0. The molecule has 0 spiro atoms. The average molecular weight is 817 g/mol. The smallest absolute Gasteiger partial charge is 0.0713 e. The molecule has 1 aliphatic carbocycles. The fourth-order valence-electron chi connectivity index (χ4n) is 9.72. The molecule has 59 heavy (non-hydrogen) atoms. The fraction of sp³-hybridized carbons (Fsp3) is 0.0175. The molecule has 10 aromatic rings. The third kappa shape index (κ3) is 5.59. The fourth-order valence-corrected chi connectivity index (χ4v) is 10.2. The maximum atomic E-state index is 3.86. The predicted octanol–water partition coefficient (Wildman–Crippen LogP) is 15.4. The highest BCUT2D eigenvalue weighted by Crippen LogP contribution is 2.57.